The molecule has 0 saturated heterocycles. The first kappa shape index (κ1) is 1.86. The van der Waals surface area contributed by atoms with Gasteiger partial charge in [-0.1, -0.05) is 0 Å². The van der Waals surface area contributed by atoms with Crippen LogP contribution >= 0.6 is 0 Å². The Morgan fingerprint density at radius 1 is 2.14 bits per heavy atom. The quantitative estimate of drug-likeness (QED) is 0.498. The Balaban J connectivity index is 2.96. The minimum absolute atomic E-state index is 0.219. The van der Waals surface area contributed by atoms with Crippen molar-refractivity contribution in [2.75, 3.05) is 5.73 Å². The summed E-state index contributed by atoms with van der Waals surface area (Å²) in [5, 5.41) is 0. The zero-order chi connectivity index (χ0) is 7.78. The first-order valence-corrected chi connectivity index (χ1v) is 1.80. The third-order valence-electron chi connectivity index (χ3n) is 0.603. The number of anilines is 1. The van der Waals surface area contributed by atoms with Gasteiger partial charge in [0.25, 0.3) is 0 Å². The first-order chi connectivity index (χ1) is 4.50. The highest BCUT2D eigenvalue weighted by Gasteiger charge is 1.82. The summed E-state index contributed by atoms with van der Waals surface area (Å²) >= 11 is 0. The zero-order valence-corrected chi connectivity index (χ0v) is 3.63. The van der Waals surface area contributed by atoms with Gasteiger partial charge in [-0.3, -0.25) is 0 Å². The molecule has 0 aliphatic rings. The Bertz CT molecular complexity index is 226. The van der Waals surface area contributed by atoms with Crippen LogP contribution < -0.4 is 5.73 Å². The Morgan fingerprint density at radius 2 is 3.00 bits per heavy atom. The summed E-state index contributed by atoms with van der Waals surface area (Å²) in [6, 6.07) is 0. The summed E-state index contributed by atoms with van der Waals surface area (Å²) in [6.07, 6.45) is 2.45. The van der Waals surface area contributed by atoms with E-state index in [9.17, 15) is 0 Å². The van der Waals surface area contributed by atoms with Gasteiger partial charge in [0.05, 0.1) is 6.33 Å². The van der Waals surface area contributed by atoms with Gasteiger partial charge in [0.15, 0.2) is 0 Å². The van der Waals surface area contributed by atoms with E-state index in [1.807, 2.05) is 0 Å². The lowest BCUT2D eigenvalue weighted by Gasteiger charge is -1.78. The summed E-state index contributed by atoms with van der Waals surface area (Å²) in [6.45, 7) is -2.16. The molecule has 1 aromatic heterocycles. The average molecular weight is 100 g/mol. The average Bonchev–Trinajstić information content (AvgIpc) is 2.11. The molecule has 0 atom stereocenters. The molecule has 2 N–H and O–H groups in total. The summed E-state index contributed by atoms with van der Waals surface area (Å²) in [5.74, 6) is 0.219. The molecule has 0 amide bonds. The van der Waals surface area contributed by atoms with Crippen LogP contribution in [0, 0.1) is 0 Å². The third kappa shape index (κ3) is 0.707. The second kappa shape index (κ2) is 1.26. The van der Waals surface area contributed by atoms with Crippen LogP contribution in [-0.4, -0.2) is 9.55 Å². The zero-order valence-electron chi connectivity index (χ0n) is 6.63. The van der Waals surface area contributed by atoms with Gasteiger partial charge in [0, 0.05) is 17.3 Å². The van der Waals surface area contributed by atoms with Crippen molar-refractivity contribution in [3.63, 3.8) is 0 Å². The Kier molecular flexibility index (Phi) is 0.333. The van der Waals surface area contributed by atoms with Crippen LogP contribution in [-0.2, 0) is 6.98 Å². The number of imidazole rings is 1. The molecule has 1 heterocycles. The van der Waals surface area contributed by atoms with Gasteiger partial charge >= 0.3 is 0 Å². The molecule has 7 heavy (non-hydrogen) atoms. The van der Waals surface area contributed by atoms with Crippen LogP contribution in [0.25, 0.3) is 0 Å². The van der Waals surface area contributed by atoms with Gasteiger partial charge in [-0.25, -0.2) is 4.98 Å². The number of rotatable bonds is 0. The van der Waals surface area contributed by atoms with Crippen LogP contribution in [0.5, 0.6) is 0 Å². The molecule has 0 aliphatic heterocycles. The molecule has 1 aromatic rings. The number of hydrogen-bond acceptors (Lipinski definition) is 2. The smallest absolute Gasteiger partial charge is 0.141 e. The Morgan fingerprint density at radius 3 is 3.29 bits per heavy atom. The molecular formula is C4H7N3. The van der Waals surface area contributed by atoms with Crippen LogP contribution in [0.15, 0.2) is 12.5 Å². The summed E-state index contributed by atoms with van der Waals surface area (Å²) in [5.41, 5.74) is 5.19. The predicted octanol–water partition coefficient (Wildman–Crippen LogP) is 0.00230. The molecule has 1 rings (SSSR count). The van der Waals surface area contributed by atoms with Crippen molar-refractivity contribution in [1.82, 2.24) is 9.55 Å². The SMILES string of the molecule is [2H]C([2H])([2H])n1cnc(N)c1. The first-order valence-electron chi connectivity index (χ1n) is 3.30. The van der Waals surface area contributed by atoms with E-state index in [0.717, 1.165) is 4.57 Å². The van der Waals surface area contributed by atoms with Crippen molar-refractivity contribution in [2.45, 2.75) is 0 Å². The minimum Gasteiger partial charge on any atom is -0.382 e. The molecule has 0 unspecified atom stereocenters. The summed E-state index contributed by atoms with van der Waals surface area (Å²) < 4.78 is 21.6. The normalized spacial score (nSPS) is 17.4. The number of nitrogens with zero attached hydrogens (tertiary/aromatic N) is 2. The predicted molar refractivity (Wildman–Crippen MR) is 27.6 cm³/mol. The molecule has 0 aliphatic carbocycles. The van der Waals surface area contributed by atoms with Crippen molar-refractivity contribution in [3.05, 3.63) is 12.5 Å². The highest BCUT2D eigenvalue weighted by Crippen LogP contribution is 1.90. The van der Waals surface area contributed by atoms with Gasteiger partial charge in [0.2, 0.25) is 0 Å². The van der Waals surface area contributed by atoms with E-state index in [1.165, 1.54) is 12.5 Å². The van der Waals surface area contributed by atoms with Gasteiger partial charge < -0.3 is 10.3 Å². The van der Waals surface area contributed by atoms with Crippen molar-refractivity contribution < 1.29 is 4.11 Å². The number of aryl methyl sites for hydroxylation is 1. The van der Waals surface area contributed by atoms with E-state index in [4.69, 9.17) is 9.85 Å². The molecule has 38 valence electrons. The van der Waals surface area contributed by atoms with Crippen LogP contribution in [0.4, 0.5) is 5.82 Å². The Labute approximate surface area is 46.0 Å². The summed E-state index contributed by atoms with van der Waals surface area (Å²) in [4.78, 5) is 3.56. The number of hydrogen-bond donors (Lipinski definition) is 1. The van der Waals surface area contributed by atoms with Crippen molar-refractivity contribution in [2.24, 2.45) is 6.98 Å². The van der Waals surface area contributed by atoms with Gasteiger partial charge in [-0.15, -0.1) is 0 Å². The van der Waals surface area contributed by atoms with Crippen molar-refractivity contribution in [3.8, 4) is 0 Å². The van der Waals surface area contributed by atoms with E-state index in [2.05, 4.69) is 4.98 Å². The fraction of sp³-hybridized carbons (Fsp3) is 0.250. The highest BCUT2D eigenvalue weighted by atomic mass is 15.0. The monoisotopic (exact) mass is 100 g/mol. The van der Waals surface area contributed by atoms with E-state index >= 15 is 0 Å². The fourth-order valence-corrected chi connectivity index (χ4v) is 0.338. The van der Waals surface area contributed by atoms with Gasteiger partial charge in [0.1, 0.15) is 5.82 Å². The Hall–Kier alpha value is -0.990. The van der Waals surface area contributed by atoms with Crippen molar-refractivity contribution in [1.29, 1.82) is 0 Å². The van der Waals surface area contributed by atoms with E-state index in [1.54, 1.807) is 0 Å². The maximum atomic E-state index is 6.89. The van der Waals surface area contributed by atoms with Gasteiger partial charge in [-0.2, -0.15) is 0 Å². The maximum Gasteiger partial charge on any atom is 0.141 e. The van der Waals surface area contributed by atoms with Gasteiger partial charge in [-0.05, 0) is 0 Å². The number of nitrogen functional groups attached to an aromatic ring is 1. The molecule has 3 heteroatoms. The minimum atomic E-state index is -2.16. The molecule has 0 fully saturated rings. The number of aromatic nitrogens is 2. The second-order valence-electron chi connectivity index (χ2n) is 1.21. The van der Waals surface area contributed by atoms with E-state index in [-0.39, 0.29) is 5.82 Å². The second-order valence-corrected chi connectivity index (χ2v) is 1.21. The standard InChI is InChI=1S/C4H7N3/c1-7-2-4(5)6-3-7/h2-3H,5H2,1H3/i1D3. The number of nitrogens with two attached hydrogens (primary N) is 1. The van der Waals surface area contributed by atoms with E-state index < -0.39 is 6.98 Å². The summed E-state index contributed by atoms with van der Waals surface area (Å²) in [7, 11) is 0. The highest BCUT2D eigenvalue weighted by molar-refractivity contribution is 5.21. The molecule has 0 spiro atoms. The lowest BCUT2D eigenvalue weighted by Crippen LogP contribution is -1.81. The largest absolute Gasteiger partial charge is 0.382 e. The van der Waals surface area contributed by atoms with Crippen LogP contribution in [0.1, 0.15) is 4.11 Å². The molecular weight excluding hydrogens is 90.1 g/mol. The lowest BCUT2D eigenvalue weighted by molar-refractivity contribution is 0.913. The van der Waals surface area contributed by atoms with Crippen molar-refractivity contribution >= 4 is 5.82 Å². The third-order valence-corrected chi connectivity index (χ3v) is 0.603. The van der Waals surface area contributed by atoms with E-state index in [0.29, 0.717) is 0 Å². The molecule has 0 aromatic carbocycles. The molecule has 3 nitrogen and oxygen atoms in total. The maximum absolute atomic E-state index is 6.89. The molecule has 0 saturated carbocycles. The lowest BCUT2D eigenvalue weighted by atomic mass is 10.8. The molecule has 0 bridgehead atoms. The van der Waals surface area contributed by atoms with Crippen LogP contribution in [0.2, 0.25) is 0 Å². The topological polar surface area (TPSA) is 43.8 Å². The molecule has 0 radical (unpaired) electrons. The fourth-order valence-electron chi connectivity index (χ4n) is 0.338. The van der Waals surface area contributed by atoms with Crippen LogP contribution in [0.3, 0.4) is 0 Å².